The molecule has 0 saturated carbocycles. The molecule has 0 aromatic heterocycles. The van der Waals surface area contributed by atoms with Gasteiger partial charge in [-0.05, 0) is 24.6 Å². The van der Waals surface area contributed by atoms with E-state index < -0.39 is 37.8 Å². The van der Waals surface area contributed by atoms with Crippen molar-refractivity contribution in [2.24, 2.45) is 0 Å². The fourth-order valence-corrected chi connectivity index (χ4v) is 1.43. The lowest BCUT2D eigenvalue weighted by Crippen LogP contribution is -2.25. The minimum absolute atomic E-state index is 0.0741. The van der Waals surface area contributed by atoms with Gasteiger partial charge in [0, 0.05) is 11.4 Å². The zero-order valence-electron chi connectivity index (χ0n) is 12.4. The largest absolute Gasteiger partial charge is 0.414 e. The number of ether oxygens (including phenoxy) is 2. The number of rotatable bonds is 6. The zero-order valence-corrected chi connectivity index (χ0v) is 12.4. The summed E-state index contributed by atoms with van der Waals surface area (Å²) in [7, 11) is 0. The molecule has 12 heteroatoms. The van der Waals surface area contributed by atoms with Crippen molar-refractivity contribution in [1.29, 1.82) is 0 Å². The Bertz CT molecular complexity index is 616. The molecule has 2 atom stereocenters. The van der Waals surface area contributed by atoms with E-state index >= 15 is 0 Å². The molecule has 0 saturated heterocycles. The Hall–Kier alpha value is -2.66. The third kappa shape index (κ3) is 6.77. The summed E-state index contributed by atoms with van der Waals surface area (Å²) < 4.78 is 80.4. The van der Waals surface area contributed by atoms with Gasteiger partial charge in [-0.25, -0.2) is 27.2 Å². The van der Waals surface area contributed by atoms with Crippen LogP contribution in [-0.4, -0.2) is 37.8 Å². The highest BCUT2D eigenvalue weighted by Gasteiger charge is 2.25. The fourth-order valence-electron chi connectivity index (χ4n) is 1.43. The predicted molar refractivity (Wildman–Crippen MR) is 73.2 cm³/mol. The highest BCUT2D eigenvalue weighted by molar-refractivity contribution is 5.89. The van der Waals surface area contributed by atoms with Crippen LogP contribution in [0.1, 0.15) is 5.56 Å². The van der Waals surface area contributed by atoms with Gasteiger partial charge >= 0.3 is 37.8 Å². The van der Waals surface area contributed by atoms with Gasteiger partial charge in [-0.15, -0.1) is 0 Å². The minimum atomic E-state index is -3.53. The molecule has 0 aliphatic rings. The zero-order chi connectivity index (χ0) is 19.1. The van der Waals surface area contributed by atoms with Crippen LogP contribution in [0.5, 0.6) is 0 Å². The van der Waals surface area contributed by atoms with Gasteiger partial charge in [0.2, 0.25) is 0 Å². The van der Waals surface area contributed by atoms with Crippen molar-refractivity contribution in [1.82, 2.24) is 0 Å². The van der Waals surface area contributed by atoms with E-state index in [1.54, 1.807) is 0 Å². The van der Waals surface area contributed by atoms with Crippen LogP contribution in [0.15, 0.2) is 18.2 Å². The fraction of sp³-hybridized carbons (Fsp3) is 0.385. The monoisotopic (exact) mass is 374 g/mol. The SMILES string of the molecule is Cc1ccc(NC(=O)OC(F)C(F)F)cc1NC(=O)OC(F)C(F)F. The van der Waals surface area contributed by atoms with Crippen LogP contribution in [0.3, 0.4) is 0 Å². The molecule has 0 bridgehead atoms. The van der Waals surface area contributed by atoms with Crippen LogP contribution in [-0.2, 0) is 9.47 Å². The number of carbonyl (C=O) groups is 2. The molecular formula is C13H12F6N2O4. The topological polar surface area (TPSA) is 76.7 Å². The second-order valence-corrected chi connectivity index (χ2v) is 4.46. The van der Waals surface area contributed by atoms with Gasteiger partial charge in [0.15, 0.2) is 0 Å². The molecule has 25 heavy (non-hydrogen) atoms. The smallest absolute Gasteiger partial charge is 0.408 e. The Labute approximate surface area is 137 Å². The molecular weight excluding hydrogens is 362 g/mol. The molecule has 6 nitrogen and oxygen atoms in total. The van der Waals surface area contributed by atoms with E-state index in [-0.39, 0.29) is 11.4 Å². The van der Waals surface area contributed by atoms with Crippen LogP contribution >= 0.6 is 0 Å². The van der Waals surface area contributed by atoms with Gasteiger partial charge in [-0.2, -0.15) is 8.78 Å². The van der Waals surface area contributed by atoms with Crippen molar-refractivity contribution in [2.45, 2.75) is 32.5 Å². The molecule has 1 aromatic carbocycles. The lowest BCUT2D eigenvalue weighted by atomic mass is 10.2. The maximum Gasteiger partial charge on any atom is 0.414 e. The number of benzene rings is 1. The van der Waals surface area contributed by atoms with Crippen LogP contribution in [0, 0.1) is 6.92 Å². The van der Waals surface area contributed by atoms with Crippen molar-refractivity contribution < 1.29 is 45.4 Å². The van der Waals surface area contributed by atoms with E-state index in [4.69, 9.17) is 0 Å². The Balaban J connectivity index is 2.73. The Morgan fingerprint density at radius 1 is 0.880 bits per heavy atom. The summed E-state index contributed by atoms with van der Waals surface area (Å²) in [6.07, 6.45) is -16.4. The van der Waals surface area contributed by atoms with Crippen molar-refractivity contribution in [3.8, 4) is 0 Å². The number of hydrogen-bond acceptors (Lipinski definition) is 4. The number of anilines is 2. The van der Waals surface area contributed by atoms with Gasteiger partial charge in [0.05, 0.1) is 0 Å². The number of aryl methyl sites for hydroxylation is 1. The molecule has 0 radical (unpaired) electrons. The first-order valence-corrected chi connectivity index (χ1v) is 6.50. The van der Waals surface area contributed by atoms with Crippen molar-refractivity contribution >= 4 is 23.6 Å². The first-order valence-electron chi connectivity index (χ1n) is 6.50. The van der Waals surface area contributed by atoms with Gasteiger partial charge in [0.25, 0.3) is 0 Å². The minimum Gasteiger partial charge on any atom is -0.408 e. The summed E-state index contributed by atoms with van der Waals surface area (Å²) >= 11 is 0. The molecule has 1 rings (SSSR count). The molecule has 0 heterocycles. The normalized spacial score (nSPS) is 13.3. The highest BCUT2D eigenvalue weighted by Crippen LogP contribution is 2.21. The van der Waals surface area contributed by atoms with E-state index in [2.05, 4.69) is 9.47 Å². The molecule has 140 valence electrons. The van der Waals surface area contributed by atoms with Crippen LogP contribution < -0.4 is 10.6 Å². The summed E-state index contributed by atoms with van der Waals surface area (Å²) in [5.74, 6) is 0. The van der Waals surface area contributed by atoms with Gasteiger partial charge in [-0.1, -0.05) is 6.07 Å². The van der Waals surface area contributed by atoms with Crippen molar-refractivity contribution in [3.63, 3.8) is 0 Å². The second-order valence-electron chi connectivity index (χ2n) is 4.46. The average Bonchev–Trinajstić information content (AvgIpc) is 2.50. The number of hydrogen-bond donors (Lipinski definition) is 2. The van der Waals surface area contributed by atoms with E-state index in [0.29, 0.717) is 5.56 Å². The van der Waals surface area contributed by atoms with Crippen molar-refractivity contribution in [3.05, 3.63) is 23.8 Å². The van der Waals surface area contributed by atoms with E-state index in [1.165, 1.54) is 19.1 Å². The summed E-state index contributed by atoms with van der Waals surface area (Å²) in [5, 5.41) is 3.85. The lowest BCUT2D eigenvalue weighted by molar-refractivity contribution is -0.0867. The number of nitrogens with one attached hydrogen (secondary N) is 2. The Kier molecular flexibility index (Phi) is 7.33. The van der Waals surface area contributed by atoms with Crippen LogP contribution in [0.25, 0.3) is 0 Å². The number of alkyl halides is 6. The summed E-state index contributed by atoms with van der Waals surface area (Å²) in [6, 6.07) is 3.63. The van der Waals surface area contributed by atoms with E-state index in [0.717, 1.165) is 6.07 Å². The molecule has 0 aliphatic heterocycles. The summed E-state index contributed by atoms with van der Waals surface area (Å²) in [5.41, 5.74) is 0.173. The number of halogens is 6. The maximum atomic E-state index is 12.6. The quantitative estimate of drug-likeness (QED) is 0.732. The Morgan fingerprint density at radius 2 is 1.36 bits per heavy atom. The molecule has 2 amide bonds. The second kappa shape index (κ2) is 8.99. The Morgan fingerprint density at radius 3 is 1.84 bits per heavy atom. The van der Waals surface area contributed by atoms with Crippen LogP contribution in [0.2, 0.25) is 0 Å². The predicted octanol–water partition coefficient (Wildman–Crippen LogP) is 4.21. The molecule has 0 fully saturated rings. The highest BCUT2D eigenvalue weighted by atomic mass is 19.3. The number of amides is 2. The van der Waals surface area contributed by atoms with Gasteiger partial charge in [0.1, 0.15) is 0 Å². The number of carbonyl (C=O) groups excluding carboxylic acids is 2. The standard InChI is InChI=1S/C13H12F6N2O4/c1-5-2-3-6(20-12(22)24-10(18)8(14)15)4-7(5)21-13(23)25-11(19)9(16)17/h2-4,8-11H,1H3,(H,20,22)(H,21,23). The third-order valence-corrected chi connectivity index (χ3v) is 2.56. The summed E-state index contributed by atoms with van der Waals surface area (Å²) in [4.78, 5) is 22.5. The van der Waals surface area contributed by atoms with E-state index in [1.807, 2.05) is 10.6 Å². The molecule has 0 spiro atoms. The van der Waals surface area contributed by atoms with Gasteiger partial charge in [-0.3, -0.25) is 10.6 Å². The van der Waals surface area contributed by atoms with Crippen LogP contribution in [0.4, 0.5) is 47.3 Å². The first kappa shape index (κ1) is 20.4. The average molecular weight is 374 g/mol. The van der Waals surface area contributed by atoms with Crippen molar-refractivity contribution in [2.75, 3.05) is 10.6 Å². The molecule has 0 aliphatic carbocycles. The van der Waals surface area contributed by atoms with E-state index in [9.17, 15) is 35.9 Å². The summed E-state index contributed by atoms with van der Waals surface area (Å²) in [6.45, 7) is 1.46. The first-order chi connectivity index (χ1) is 11.6. The molecule has 1 aromatic rings. The molecule has 2 unspecified atom stereocenters. The maximum absolute atomic E-state index is 12.6. The lowest BCUT2D eigenvalue weighted by Gasteiger charge is -2.14. The molecule has 2 N–H and O–H groups in total. The van der Waals surface area contributed by atoms with Gasteiger partial charge < -0.3 is 9.47 Å². The third-order valence-electron chi connectivity index (χ3n) is 2.56.